The first-order valence-corrected chi connectivity index (χ1v) is 7.85. The molecule has 1 amide bonds. The number of nitrogens with one attached hydrogen (secondary N) is 2. The van der Waals surface area contributed by atoms with Crippen LogP contribution in [0.2, 0.25) is 0 Å². The summed E-state index contributed by atoms with van der Waals surface area (Å²) in [6, 6.07) is 0.365. The number of hydrogen-bond acceptors (Lipinski definition) is 3. The molecule has 0 radical (unpaired) electrons. The van der Waals surface area contributed by atoms with Crippen molar-refractivity contribution in [3.05, 3.63) is 0 Å². The number of carbonyl (C=O) groups is 1. The minimum absolute atomic E-state index is 0.0843. The van der Waals surface area contributed by atoms with E-state index in [1.807, 2.05) is 0 Å². The molecule has 4 heteroatoms. The summed E-state index contributed by atoms with van der Waals surface area (Å²) in [6.07, 6.45) is 1.30. The van der Waals surface area contributed by atoms with Crippen LogP contribution < -0.4 is 10.6 Å². The van der Waals surface area contributed by atoms with Gasteiger partial charge in [-0.05, 0) is 18.3 Å². The molecule has 2 atom stereocenters. The fourth-order valence-electron chi connectivity index (χ4n) is 2.42. The molecular formula is C16H32N2O2. The lowest BCUT2D eigenvalue weighted by molar-refractivity contribution is -0.130. The van der Waals surface area contributed by atoms with Crippen molar-refractivity contribution in [3.63, 3.8) is 0 Å². The smallest absolute Gasteiger partial charge is 0.233 e. The highest BCUT2D eigenvalue weighted by atomic mass is 16.5. The minimum Gasteiger partial charge on any atom is -0.377 e. The maximum atomic E-state index is 11.7. The molecule has 2 N–H and O–H groups in total. The summed E-state index contributed by atoms with van der Waals surface area (Å²) in [5.41, 5.74) is 0.104. The average Bonchev–Trinajstić information content (AvgIpc) is 2.33. The van der Waals surface area contributed by atoms with Gasteiger partial charge < -0.3 is 15.4 Å². The molecule has 1 fully saturated rings. The van der Waals surface area contributed by atoms with Gasteiger partial charge in [0.05, 0.1) is 12.6 Å². The Bertz CT molecular complexity index is 314. The highest BCUT2D eigenvalue weighted by Gasteiger charge is 2.48. The Labute approximate surface area is 124 Å². The van der Waals surface area contributed by atoms with E-state index in [1.54, 1.807) is 0 Å². The minimum atomic E-state index is 0.0843. The molecule has 0 spiro atoms. The number of amides is 1. The first-order chi connectivity index (χ1) is 9.23. The number of rotatable bonds is 8. The predicted molar refractivity (Wildman–Crippen MR) is 82.6 cm³/mol. The Hall–Kier alpha value is -0.610. The molecule has 0 aromatic carbocycles. The Morgan fingerprint density at radius 1 is 1.25 bits per heavy atom. The second-order valence-electron chi connectivity index (χ2n) is 7.40. The van der Waals surface area contributed by atoms with E-state index in [-0.39, 0.29) is 11.3 Å². The van der Waals surface area contributed by atoms with Crippen LogP contribution in [0.3, 0.4) is 0 Å². The Kier molecular flexibility index (Phi) is 6.46. The van der Waals surface area contributed by atoms with Crippen LogP contribution >= 0.6 is 0 Å². The highest BCUT2D eigenvalue weighted by molar-refractivity contribution is 5.78. The van der Waals surface area contributed by atoms with E-state index in [9.17, 15) is 4.79 Å². The van der Waals surface area contributed by atoms with E-state index in [2.05, 4.69) is 52.2 Å². The SMILES string of the molecule is CC(C)CNC(=O)CNC1CC(OCC(C)C)C1(C)C. The molecule has 1 aliphatic carbocycles. The van der Waals surface area contributed by atoms with E-state index < -0.39 is 0 Å². The number of ether oxygens (including phenoxy) is 1. The summed E-state index contributed by atoms with van der Waals surface area (Å²) in [4.78, 5) is 11.7. The quantitative estimate of drug-likeness (QED) is 0.718. The maximum absolute atomic E-state index is 11.7. The monoisotopic (exact) mass is 284 g/mol. The highest BCUT2D eigenvalue weighted by Crippen LogP contribution is 2.42. The number of hydrogen-bond donors (Lipinski definition) is 2. The van der Waals surface area contributed by atoms with Gasteiger partial charge in [0.25, 0.3) is 0 Å². The fraction of sp³-hybridized carbons (Fsp3) is 0.938. The summed E-state index contributed by atoms with van der Waals surface area (Å²) < 4.78 is 5.93. The molecule has 0 bridgehead atoms. The zero-order chi connectivity index (χ0) is 15.3. The Morgan fingerprint density at radius 2 is 1.90 bits per heavy atom. The van der Waals surface area contributed by atoms with Gasteiger partial charge in [-0.15, -0.1) is 0 Å². The topological polar surface area (TPSA) is 50.4 Å². The standard InChI is InChI=1S/C16H32N2O2/c1-11(2)8-18-15(19)9-17-13-7-14(16(13,5)6)20-10-12(3)4/h11-14,17H,7-10H2,1-6H3,(H,18,19). The van der Waals surface area contributed by atoms with Crippen LogP contribution in [0.15, 0.2) is 0 Å². The molecule has 4 nitrogen and oxygen atoms in total. The lowest BCUT2D eigenvalue weighted by Gasteiger charge is -2.52. The summed E-state index contributed by atoms with van der Waals surface area (Å²) in [5, 5.41) is 6.29. The molecule has 0 heterocycles. The van der Waals surface area contributed by atoms with Crippen molar-refractivity contribution in [2.75, 3.05) is 19.7 Å². The predicted octanol–water partition coefficient (Wildman–Crippen LogP) is 2.19. The van der Waals surface area contributed by atoms with Gasteiger partial charge in [-0.3, -0.25) is 4.79 Å². The van der Waals surface area contributed by atoms with Crippen LogP contribution in [0.5, 0.6) is 0 Å². The van der Waals surface area contributed by atoms with Crippen molar-refractivity contribution in [2.24, 2.45) is 17.3 Å². The summed E-state index contributed by atoms with van der Waals surface area (Å²) in [5.74, 6) is 1.15. The summed E-state index contributed by atoms with van der Waals surface area (Å²) in [7, 11) is 0. The second kappa shape index (κ2) is 7.41. The van der Waals surface area contributed by atoms with Crippen molar-refractivity contribution >= 4 is 5.91 Å². The van der Waals surface area contributed by atoms with Crippen molar-refractivity contribution in [3.8, 4) is 0 Å². The normalized spacial score (nSPS) is 24.8. The summed E-state index contributed by atoms with van der Waals surface area (Å²) in [6.45, 7) is 14.9. The third-order valence-electron chi connectivity index (χ3n) is 4.02. The Balaban J connectivity index is 2.24. The van der Waals surface area contributed by atoms with Gasteiger partial charge >= 0.3 is 0 Å². The van der Waals surface area contributed by atoms with E-state index in [0.29, 0.717) is 30.5 Å². The zero-order valence-corrected chi connectivity index (χ0v) is 14.0. The first-order valence-electron chi connectivity index (χ1n) is 7.85. The largest absolute Gasteiger partial charge is 0.377 e. The van der Waals surface area contributed by atoms with Gasteiger partial charge in [-0.2, -0.15) is 0 Å². The van der Waals surface area contributed by atoms with Crippen molar-refractivity contribution < 1.29 is 9.53 Å². The molecular weight excluding hydrogens is 252 g/mol. The van der Waals surface area contributed by atoms with Gasteiger partial charge in [0.1, 0.15) is 0 Å². The molecule has 118 valence electrons. The molecule has 0 aromatic rings. The molecule has 1 saturated carbocycles. The van der Waals surface area contributed by atoms with Crippen molar-refractivity contribution in [2.45, 2.75) is 60.1 Å². The van der Waals surface area contributed by atoms with Gasteiger partial charge in [-0.25, -0.2) is 0 Å². The maximum Gasteiger partial charge on any atom is 0.233 e. The zero-order valence-electron chi connectivity index (χ0n) is 14.0. The summed E-state index contributed by atoms with van der Waals surface area (Å²) >= 11 is 0. The first kappa shape index (κ1) is 17.4. The third-order valence-corrected chi connectivity index (χ3v) is 4.02. The second-order valence-corrected chi connectivity index (χ2v) is 7.40. The van der Waals surface area contributed by atoms with Crippen molar-refractivity contribution in [1.82, 2.24) is 10.6 Å². The lowest BCUT2D eigenvalue weighted by atomic mass is 9.64. The van der Waals surface area contributed by atoms with Gasteiger partial charge in [0.15, 0.2) is 0 Å². The van der Waals surface area contributed by atoms with E-state index in [1.165, 1.54) is 0 Å². The molecule has 0 aromatic heterocycles. The molecule has 1 aliphatic rings. The van der Waals surface area contributed by atoms with E-state index in [0.717, 1.165) is 19.6 Å². The molecule has 0 saturated heterocycles. The van der Waals surface area contributed by atoms with Crippen LogP contribution in [0, 0.1) is 17.3 Å². The van der Waals surface area contributed by atoms with Crippen LogP contribution in [0.25, 0.3) is 0 Å². The molecule has 2 unspecified atom stereocenters. The van der Waals surface area contributed by atoms with Crippen LogP contribution in [-0.2, 0) is 9.53 Å². The lowest BCUT2D eigenvalue weighted by Crippen LogP contribution is -2.62. The Morgan fingerprint density at radius 3 is 2.40 bits per heavy atom. The van der Waals surface area contributed by atoms with Crippen LogP contribution in [0.4, 0.5) is 0 Å². The van der Waals surface area contributed by atoms with E-state index in [4.69, 9.17) is 4.74 Å². The van der Waals surface area contributed by atoms with Crippen LogP contribution in [-0.4, -0.2) is 37.7 Å². The van der Waals surface area contributed by atoms with Crippen LogP contribution in [0.1, 0.15) is 48.0 Å². The molecule has 20 heavy (non-hydrogen) atoms. The van der Waals surface area contributed by atoms with Gasteiger partial charge in [-0.1, -0.05) is 41.5 Å². The van der Waals surface area contributed by atoms with Crippen molar-refractivity contribution in [1.29, 1.82) is 0 Å². The average molecular weight is 284 g/mol. The fourth-order valence-corrected chi connectivity index (χ4v) is 2.42. The third kappa shape index (κ3) is 5.06. The van der Waals surface area contributed by atoms with Gasteiger partial charge in [0.2, 0.25) is 5.91 Å². The molecule has 0 aliphatic heterocycles. The van der Waals surface area contributed by atoms with Gasteiger partial charge in [0, 0.05) is 24.6 Å². The number of carbonyl (C=O) groups excluding carboxylic acids is 1. The van der Waals surface area contributed by atoms with E-state index >= 15 is 0 Å². The molecule has 1 rings (SSSR count).